The van der Waals surface area contributed by atoms with Gasteiger partial charge in [0.15, 0.2) is 0 Å². The van der Waals surface area contributed by atoms with E-state index in [0.717, 1.165) is 30.8 Å². The van der Waals surface area contributed by atoms with Crippen LogP contribution < -0.4 is 5.32 Å². The second kappa shape index (κ2) is 4.88. The number of hydrogen-bond donors (Lipinski definition) is 2. The molecule has 3 rings (SSSR count). The predicted molar refractivity (Wildman–Crippen MR) is 68.0 cm³/mol. The first-order chi connectivity index (χ1) is 8.90. The second-order valence-corrected chi connectivity index (χ2v) is 4.38. The highest BCUT2D eigenvalue weighted by atomic mass is 16.3. The summed E-state index contributed by atoms with van der Waals surface area (Å²) in [6.45, 7) is 2.50. The van der Waals surface area contributed by atoms with Gasteiger partial charge in [-0.2, -0.15) is 5.10 Å². The number of hydrogen-bond acceptors (Lipinski definition) is 4. The molecule has 0 atom stereocenters. The average molecular weight is 244 g/mol. The van der Waals surface area contributed by atoms with Crippen molar-refractivity contribution >= 4 is 0 Å². The van der Waals surface area contributed by atoms with Gasteiger partial charge in [-0.15, -0.1) is 0 Å². The van der Waals surface area contributed by atoms with E-state index in [0.29, 0.717) is 6.54 Å². The first-order valence-electron chi connectivity index (χ1n) is 6.20. The highest BCUT2D eigenvalue weighted by Crippen LogP contribution is 2.27. The lowest BCUT2D eigenvalue weighted by Crippen LogP contribution is -2.25. The molecule has 0 saturated carbocycles. The normalized spacial score (nSPS) is 14.5. The molecule has 0 unspecified atom stereocenters. The molecule has 2 N–H and O–H groups in total. The van der Waals surface area contributed by atoms with Crippen LogP contribution >= 0.6 is 0 Å². The zero-order valence-electron chi connectivity index (χ0n) is 10.1. The van der Waals surface area contributed by atoms with Gasteiger partial charge >= 0.3 is 0 Å². The van der Waals surface area contributed by atoms with Gasteiger partial charge in [-0.3, -0.25) is 9.67 Å². The minimum atomic E-state index is 0.122. The van der Waals surface area contributed by atoms with E-state index in [1.807, 2.05) is 16.8 Å². The van der Waals surface area contributed by atoms with Crippen molar-refractivity contribution in [3.8, 4) is 11.3 Å². The zero-order chi connectivity index (χ0) is 12.4. The average Bonchev–Trinajstić information content (AvgIpc) is 2.80. The van der Waals surface area contributed by atoms with Gasteiger partial charge in [-0.05, 0) is 12.1 Å². The van der Waals surface area contributed by atoms with Crippen molar-refractivity contribution in [1.82, 2.24) is 20.1 Å². The third kappa shape index (κ3) is 1.91. The van der Waals surface area contributed by atoms with E-state index in [4.69, 9.17) is 5.11 Å². The van der Waals surface area contributed by atoms with Crippen LogP contribution in [0.15, 0.2) is 24.5 Å². The molecule has 1 aliphatic rings. The molecule has 0 fully saturated rings. The minimum absolute atomic E-state index is 0.122. The van der Waals surface area contributed by atoms with E-state index in [2.05, 4.69) is 15.4 Å². The van der Waals surface area contributed by atoms with Gasteiger partial charge in [-0.1, -0.05) is 0 Å². The smallest absolute Gasteiger partial charge is 0.0972 e. The summed E-state index contributed by atoms with van der Waals surface area (Å²) in [5.74, 6) is 0. The summed E-state index contributed by atoms with van der Waals surface area (Å²) in [5, 5.41) is 17.1. The number of pyridine rings is 1. The fourth-order valence-electron chi connectivity index (χ4n) is 2.44. The Morgan fingerprint density at radius 3 is 2.94 bits per heavy atom. The highest BCUT2D eigenvalue weighted by Gasteiger charge is 2.20. The standard InChI is InChI=1S/C13H16N4O/c18-8-7-17-12-3-6-15-9-11(12)13(16-17)10-1-4-14-5-2-10/h1-2,4-5,15,18H,3,6-9H2. The van der Waals surface area contributed by atoms with Crippen molar-refractivity contribution in [2.45, 2.75) is 19.5 Å². The molecule has 94 valence electrons. The van der Waals surface area contributed by atoms with Crippen LogP contribution in [0.25, 0.3) is 11.3 Å². The van der Waals surface area contributed by atoms with Crippen molar-refractivity contribution in [2.75, 3.05) is 13.2 Å². The van der Waals surface area contributed by atoms with Gasteiger partial charge in [-0.25, -0.2) is 0 Å². The lowest BCUT2D eigenvalue weighted by atomic mass is 10.0. The number of aliphatic hydroxyl groups excluding tert-OH is 1. The van der Waals surface area contributed by atoms with Crippen molar-refractivity contribution in [3.63, 3.8) is 0 Å². The van der Waals surface area contributed by atoms with Crippen LogP contribution in [0, 0.1) is 0 Å². The van der Waals surface area contributed by atoms with Crippen LogP contribution in [0.2, 0.25) is 0 Å². The van der Waals surface area contributed by atoms with E-state index < -0.39 is 0 Å². The lowest BCUT2D eigenvalue weighted by molar-refractivity contribution is 0.267. The summed E-state index contributed by atoms with van der Waals surface area (Å²) in [4.78, 5) is 4.04. The Hall–Kier alpha value is -1.72. The Bertz CT molecular complexity index is 535. The topological polar surface area (TPSA) is 63.0 Å². The Morgan fingerprint density at radius 2 is 2.17 bits per heavy atom. The number of aromatic nitrogens is 3. The summed E-state index contributed by atoms with van der Waals surface area (Å²) in [6.07, 6.45) is 4.53. The van der Waals surface area contributed by atoms with Crippen molar-refractivity contribution in [2.24, 2.45) is 0 Å². The van der Waals surface area contributed by atoms with Gasteiger partial charge in [0.25, 0.3) is 0 Å². The van der Waals surface area contributed by atoms with Gasteiger partial charge in [0.05, 0.1) is 18.8 Å². The van der Waals surface area contributed by atoms with Crippen LogP contribution in [0.5, 0.6) is 0 Å². The van der Waals surface area contributed by atoms with E-state index in [9.17, 15) is 0 Å². The van der Waals surface area contributed by atoms with Gasteiger partial charge in [0.2, 0.25) is 0 Å². The highest BCUT2D eigenvalue weighted by molar-refractivity contribution is 5.63. The monoisotopic (exact) mass is 244 g/mol. The Morgan fingerprint density at radius 1 is 1.33 bits per heavy atom. The molecule has 2 aromatic rings. The van der Waals surface area contributed by atoms with E-state index >= 15 is 0 Å². The third-order valence-electron chi connectivity index (χ3n) is 3.27. The molecule has 5 heteroatoms. The first kappa shape index (κ1) is 11.4. The maximum Gasteiger partial charge on any atom is 0.0972 e. The number of nitrogens with zero attached hydrogens (tertiary/aromatic N) is 3. The van der Waals surface area contributed by atoms with E-state index in [1.165, 1.54) is 11.3 Å². The molecule has 5 nitrogen and oxygen atoms in total. The maximum absolute atomic E-state index is 9.11. The second-order valence-electron chi connectivity index (χ2n) is 4.38. The lowest BCUT2D eigenvalue weighted by Gasteiger charge is -2.15. The summed E-state index contributed by atoms with van der Waals surface area (Å²) in [7, 11) is 0. The van der Waals surface area contributed by atoms with Crippen LogP contribution in [0.4, 0.5) is 0 Å². The van der Waals surface area contributed by atoms with Crippen LogP contribution in [0.3, 0.4) is 0 Å². The largest absolute Gasteiger partial charge is 0.394 e. The van der Waals surface area contributed by atoms with Gasteiger partial charge in [0.1, 0.15) is 0 Å². The fourth-order valence-corrected chi connectivity index (χ4v) is 2.44. The fraction of sp³-hybridized carbons (Fsp3) is 0.385. The Balaban J connectivity index is 2.09. The Labute approximate surface area is 105 Å². The molecule has 1 aliphatic heterocycles. The quantitative estimate of drug-likeness (QED) is 0.829. The third-order valence-corrected chi connectivity index (χ3v) is 3.27. The summed E-state index contributed by atoms with van der Waals surface area (Å²) < 4.78 is 1.94. The number of nitrogens with one attached hydrogen (secondary N) is 1. The van der Waals surface area contributed by atoms with E-state index in [-0.39, 0.29) is 6.61 Å². The molecule has 3 heterocycles. The summed E-state index contributed by atoms with van der Waals surface area (Å²) >= 11 is 0. The molecule has 18 heavy (non-hydrogen) atoms. The van der Waals surface area contributed by atoms with Crippen molar-refractivity contribution < 1.29 is 5.11 Å². The molecule has 2 aromatic heterocycles. The molecule has 0 bridgehead atoms. The minimum Gasteiger partial charge on any atom is -0.394 e. The van der Waals surface area contributed by atoms with Crippen molar-refractivity contribution in [1.29, 1.82) is 0 Å². The van der Waals surface area contributed by atoms with Crippen LogP contribution in [-0.4, -0.2) is 33.0 Å². The molecule has 0 aromatic carbocycles. The maximum atomic E-state index is 9.11. The van der Waals surface area contributed by atoms with Crippen molar-refractivity contribution in [3.05, 3.63) is 35.8 Å². The van der Waals surface area contributed by atoms with Gasteiger partial charge in [0, 0.05) is 48.7 Å². The molecule has 0 spiro atoms. The molecular formula is C13H16N4O. The SMILES string of the molecule is OCCn1nc(-c2ccncc2)c2c1CCNC2. The number of rotatable bonds is 3. The number of fused-ring (bicyclic) bond motifs is 1. The van der Waals surface area contributed by atoms with Gasteiger partial charge < -0.3 is 10.4 Å². The molecule has 0 amide bonds. The summed E-state index contributed by atoms with van der Waals surface area (Å²) in [5.41, 5.74) is 4.59. The van der Waals surface area contributed by atoms with Crippen LogP contribution in [-0.2, 0) is 19.5 Å². The summed E-state index contributed by atoms with van der Waals surface area (Å²) in [6, 6.07) is 3.95. The molecular weight excluding hydrogens is 228 g/mol. The molecule has 0 aliphatic carbocycles. The Kier molecular flexibility index (Phi) is 3.08. The first-order valence-corrected chi connectivity index (χ1v) is 6.20. The molecule has 0 saturated heterocycles. The van der Waals surface area contributed by atoms with Crippen LogP contribution in [0.1, 0.15) is 11.3 Å². The van der Waals surface area contributed by atoms with E-state index in [1.54, 1.807) is 12.4 Å². The zero-order valence-corrected chi connectivity index (χ0v) is 10.1. The number of aliphatic hydroxyl groups is 1. The predicted octanol–water partition coefficient (Wildman–Crippen LogP) is 0.583. The molecule has 0 radical (unpaired) electrons.